The van der Waals surface area contributed by atoms with Crippen molar-refractivity contribution in [3.05, 3.63) is 99.6 Å². The van der Waals surface area contributed by atoms with Crippen molar-refractivity contribution in [3.63, 3.8) is 0 Å². The van der Waals surface area contributed by atoms with Gasteiger partial charge in [-0.15, -0.1) is 0 Å². The summed E-state index contributed by atoms with van der Waals surface area (Å²) < 4.78 is 51.9. The van der Waals surface area contributed by atoms with Gasteiger partial charge in [0, 0.05) is 30.6 Å². The second-order valence-corrected chi connectivity index (χ2v) is 10.5. The average Bonchev–Trinajstić information content (AvgIpc) is 3.27. The summed E-state index contributed by atoms with van der Waals surface area (Å²) in [6.07, 6.45) is -4.97. The average molecular weight is 584 g/mol. The lowest BCUT2D eigenvalue weighted by Crippen LogP contribution is -2.54. The van der Waals surface area contributed by atoms with Gasteiger partial charge in [0.2, 0.25) is 0 Å². The number of anilines is 1. The molecule has 1 spiro atoms. The molecule has 3 aromatic carbocycles. The fourth-order valence-electron chi connectivity index (χ4n) is 6.00. The van der Waals surface area contributed by atoms with E-state index in [4.69, 9.17) is 9.47 Å². The third-order valence-electron chi connectivity index (χ3n) is 7.96. The summed E-state index contributed by atoms with van der Waals surface area (Å²) in [5.74, 6) is -2.23. The van der Waals surface area contributed by atoms with Gasteiger partial charge < -0.3 is 19.3 Å². The Balaban J connectivity index is 1.52. The third kappa shape index (κ3) is 5.61. The van der Waals surface area contributed by atoms with Crippen molar-refractivity contribution < 1.29 is 37.2 Å². The van der Waals surface area contributed by atoms with Crippen molar-refractivity contribution >= 4 is 23.4 Å². The quantitative estimate of drug-likeness (QED) is 0.269. The van der Waals surface area contributed by atoms with E-state index in [9.17, 15) is 32.9 Å². The minimum absolute atomic E-state index is 0.0525. The molecule has 2 aliphatic rings. The highest BCUT2D eigenvalue weighted by Gasteiger charge is 2.55. The second kappa shape index (κ2) is 11.3. The molecule has 2 atom stereocenters. The minimum atomic E-state index is -5.19. The van der Waals surface area contributed by atoms with Crippen molar-refractivity contribution in [3.8, 4) is 5.75 Å². The number of benzene rings is 3. The Morgan fingerprint density at radius 3 is 2.29 bits per heavy atom. The van der Waals surface area contributed by atoms with Gasteiger partial charge in [-0.1, -0.05) is 60.7 Å². The van der Waals surface area contributed by atoms with Gasteiger partial charge in [-0.3, -0.25) is 14.9 Å². The first-order valence-corrected chi connectivity index (χ1v) is 13.3. The first-order valence-electron chi connectivity index (χ1n) is 13.3. The summed E-state index contributed by atoms with van der Waals surface area (Å²) >= 11 is 0. The largest absolute Gasteiger partial charge is 0.490 e. The summed E-state index contributed by atoms with van der Waals surface area (Å²) in [6.45, 7) is -0.155. The van der Waals surface area contributed by atoms with Gasteiger partial charge in [0.1, 0.15) is 6.61 Å². The van der Waals surface area contributed by atoms with E-state index in [-0.39, 0.29) is 44.0 Å². The van der Waals surface area contributed by atoms with Crippen LogP contribution in [0, 0.1) is 10.1 Å². The highest BCUT2D eigenvalue weighted by Crippen LogP contribution is 2.52. The van der Waals surface area contributed by atoms with Crippen LogP contribution in [0.5, 0.6) is 5.75 Å². The Morgan fingerprint density at radius 2 is 1.69 bits per heavy atom. The van der Waals surface area contributed by atoms with Gasteiger partial charge in [-0.25, -0.2) is 4.79 Å². The Bertz CT molecular complexity index is 1480. The summed E-state index contributed by atoms with van der Waals surface area (Å²) in [6, 6.07) is 20.3. The first kappa shape index (κ1) is 28.9. The third-order valence-corrected chi connectivity index (χ3v) is 7.96. The summed E-state index contributed by atoms with van der Waals surface area (Å²) in [5, 5.41) is 11.7. The number of nitro groups is 1. The predicted octanol–water partition coefficient (Wildman–Crippen LogP) is 5.79. The molecule has 2 amide bonds. The van der Waals surface area contributed by atoms with Gasteiger partial charge in [0.15, 0.2) is 5.75 Å². The molecule has 0 aliphatic carbocycles. The van der Waals surface area contributed by atoms with E-state index < -0.39 is 40.2 Å². The SMILES string of the molecule is COc1cc2c(cc1[N+](=O)[O-])N(C(=O)C(F)(F)F)CC21CCN(C(=O)OCc2ccccc2)C(Cc2ccccc2)C1. The molecular weight excluding hydrogens is 555 g/mol. The summed E-state index contributed by atoms with van der Waals surface area (Å²) in [7, 11) is 1.23. The topological polar surface area (TPSA) is 102 Å². The second-order valence-electron chi connectivity index (χ2n) is 10.5. The van der Waals surface area contributed by atoms with E-state index in [1.807, 2.05) is 60.7 Å². The van der Waals surface area contributed by atoms with Crippen LogP contribution in [-0.4, -0.2) is 54.2 Å². The zero-order valence-electron chi connectivity index (χ0n) is 22.7. The number of rotatable bonds is 6. The number of piperidine rings is 1. The lowest BCUT2D eigenvalue weighted by Gasteiger charge is -2.45. The summed E-state index contributed by atoms with van der Waals surface area (Å²) in [5.41, 5.74) is 0.313. The lowest BCUT2D eigenvalue weighted by molar-refractivity contribution is -0.385. The normalized spacial score (nSPS) is 19.9. The van der Waals surface area contributed by atoms with E-state index in [1.54, 1.807) is 4.90 Å². The number of hydrogen-bond donors (Lipinski definition) is 0. The number of nitro benzene ring substituents is 1. The highest BCUT2D eigenvalue weighted by molar-refractivity contribution is 6.00. The molecule has 220 valence electrons. The molecule has 0 bridgehead atoms. The Kier molecular flexibility index (Phi) is 7.81. The summed E-state index contributed by atoms with van der Waals surface area (Å²) in [4.78, 5) is 39.0. The van der Waals surface area contributed by atoms with E-state index in [0.717, 1.165) is 17.2 Å². The maximum Gasteiger partial charge on any atom is 0.471 e. The van der Waals surface area contributed by atoms with Gasteiger partial charge in [-0.2, -0.15) is 13.2 Å². The number of halogens is 3. The van der Waals surface area contributed by atoms with E-state index in [0.29, 0.717) is 16.9 Å². The number of fused-ring (bicyclic) bond motifs is 2. The monoisotopic (exact) mass is 583 g/mol. The van der Waals surface area contributed by atoms with Crippen LogP contribution in [-0.2, 0) is 28.0 Å². The van der Waals surface area contributed by atoms with E-state index in [1.165, 1.54) is 13.2 Å². The van der Waals surface area contributed by atoms with Gasteiger partial charge in [-0.05, 0) is 42.0 Å². The number of nitrogens with zero attached hydrogens (tertiary/aromatic N) is 3. The molecule has 2 heterocycles. The Morgan fingerprint density at radius 1 is 1.05 bits per heavy atom. The lowest BCUT2D eigenvalue weighted by atomic mass is 9.70. The molecule has 0 saturated carbocycles. The van der Waals surface area contributed by atoms with Gasteiger partial charge in [0.05, 0.1) is 17.7 Å². The number of likely N-dealkylation sites (tertiary alicyclic amines) is 1. The van der Waals surface area contributed by atoms with Crippen molar-refractivity contribution in [2.24, 2.45) is 0 Å². The van der Waals surface area contributed by atoms with Crippen LogP contribution < -0.4 is 9.64 Å². The van der Waals surface area contributed by atoms with Crippen LogP contribution in [0.25, 0.3) is 0 Å². The molecule has 1 fully saturated rings. The maximum atomic E-state index is 13.7. The molecule has 42 heavy (non-hydrogen) atoms. The Hall–Kier alpha value is -4.61. The predicted molar refractivity (Wildman–Crippen MR) is 146 cm³/mol. The molecule has 9 nitrogen and oxygen atoms in total. The van der Waals surface area contributed by atoms with E-state index in [2.05, 4.69) is 0 Å². The molecule has 0 N–H and O–H groups in total. The number of hydrogen-bond acceptors (Lipinski definition) is 6. The van der Waals surface area contributed by atoms with Crippen LogP contribution in [0.3, 0.4) is 0 Å². The zero-order chi connectivity index (χ0) is 30.1. The number of carbonyl (C=O) groups excluding carboxylic acids is 2. The highest BCUT2D eigenvalue weighted by atomic mass is 19.4. The molecule has 2 unspecified atom stereocenters. The van der Waals surface area contributed by atoms with Crippen molar-refractivity contribution in [1.29, 1.82) is 0 Å². The van der Waals surface area contributed by atoms with Crippen LogP contribution >= 0.6 is 0 Å². The fraction of sp³-hybridized carbons (Fsp3) is 0.333. The van der Waals surface area contributed by atoms with Crippen molar-refractivity contribution in [2.45, 2.75) is 43.5 Å². The van der Waals surface area contributed by atoms with Crippen molar-refractivity contribution in [2.75, 3.05) is 25.1 Å². The first-order chi connectivity index (χ1) is 20.0. The van der Waals surface area contributed by atoms with Crippen LogP contribution in [0.2, 0.25) is 0 Å². The van der Waals surface area contributed by atoms with Crippen LogP contribution in [0.1, 0.15) is 29.5 Å². The fourth-order valence-corrected chi connectivity index (χ4v) is 6.00. The van der Waals surface area contributed by atoms with Gasteiger partial charge >= 0.3 is 23.9 Å². The molecule has 2 aliphatic heterocycles. The smallest absolute Gasteiger partial charge is 0.471 e. The maximum absolute atomic E-state index is 13.7. The number of amides is 2. The van der Waals surface area contributed by atoms with E-state index >= 15 is 0 Å². The molecule has 0 radical (unpaired) electrons. The number of alkyl halides is 3. The Labute approximate surface area is 239 Å². The minimum Gasteiger partial charge on any atom is -0.490 e. The number of ether oxygens (including phenoxy) is 2. The molecule has 1 saturated heterocycles. The molecular formula is C30H28F3N3O6. The number of methoxy groups -OCH3 is 1. The number of carbonyl (C=O) groups is 2. The molecule has 0 aromatic heterocycles. The molecule has 12 heteroatoms. The van der Waals surface area contributed by atoms with Gasteiger partial charge in [0.25, 0.3) is 0 Å². The van der Waals surface area contributed by atoms with Crippen molar-refractivity contribution in [1.82, 2.24) is 4.90 Å². The standard InChI is InChI=1S/C30H28F3N3O6/c1-41-26-15-23-24(16-25(26)36(39)40)35(27(37)30(31,32)33)19-29(23)12-13-34(22(17-29)14-20-8-4-2-5-9-20)28(38)42-18-21-10-6-3-7-11-21/h2-11,15-16,22H,12-14,17-19H2,1H3. The van der Waals surface area contributed by atoms with Crippen LogP contribution in [0.15, 0.2) is 72.8 Å². The molecule has 5 rings (SSSR count). The zero-order valence-corrected chi connectivity index (χ0v) is 22.7. The van der Waals surface area contributed by atoms with Crippen LogP contribution in [0.4, 0.5) is 29.3 Å². The molecule has 3 aromatic rings.